The summed E-state index contributed by atoms with van der Waals surface area (Å²) in [5.41, 5.74) is -1.24. The van der Waals surface area contributed by atoms with E-state index in [0.717, 1.165) is 116 Å². The molecular formula is C82H84F16O17S4Si2. The molecule has 9 atom stereocenters. The van der Waals surface area contributed by atoms with E-state index in [1.807, 2.05) is 0 Å². The molecule has 0 spiro atoms. The molecule has 39 heteroatoms. The van der Waals surface area contributed by atoms with Crippen LogP contribution < -0.4 is 18.9 Å². The Hall–Kier alpha value is -8.04. The molecule has 14 rings (SSSR count). The number of carbonyl (C=O) groups is 1. The molecule has 0 aliphatic carbocycles. The molecule has 121 heavy (non-hydrogen) atoms. The van der Waals surface area contributed by atoms with E-state index in [1.54, 1.807) is 0 Å². The molecule has 0 aromatic heterocycles. The van der Waals surface area contributed by atoms with Crippen LogP contribution in [0.15, 0.2) is 154 Å². The molecule has 8 aromatic carbocycles. The Balaban J connectivity index is 0.000000176. The first-order chi connectivity index (χ1) is 56.7. The summed E-state index contributed by atoms with van der Waals surface area (Å²) in [7, 11) is -11.8. The summed E-state index contributed by atoms with van der Waals surface area (Å²) in [6.45, 7) is 18.1. The molecule has 0 bridgehead atoms. The topological polar surface area (TPSA) is 207 Å². The average molecular weight is 1830 g/mol. The van der Waals surface area contributed by atoms with Gasteiger partial charge in [0.15, 0.2) is 95.2 Å². The number of aliphatic hydroxyl groups is 1. The van der Waals surface area contributed by atoms with Crippen molar-refractivity contribution in [1.82, 2.24) is 0 Å². The third-order valence-electron chi connectivity index (χ3n) is 18.6. The van der Waals surface area contributed by atoms with Gasteiger partial charge in [0.1, 0.15) is 86.6 Å². The van der Waals surface area contributed by atoms with Gasteiger partial charge in [-0.1, -0.05) is 13.5 Å². The fraction of sp³-hybridized carbons (Fsp3) is 0.378. The largest absolute Gasteiger partial charge is 0.490 e. The number of halogens is 16. The van der Waals surface area contributed by atoms with E-state index in [4.69, 9.17) is 56.6 Å². The minimum Gasteiger partial charge on any atom is -0.490 e. The summed E-state index contributed by atoms with van der Waals surface area (Å²) < 4.78 is 337. The minimum atomic E-state index is -4.64. The highest BCUT2D eigenvalue weighted by Crippen LogP contribution is 2.54. The van der Waals surface area contributed by atoms with Gasteiger partial charge in [-0.2, -0.15) is 0 Å². The maximum Gasteiger partial charge on any atom is 0.186 e. The van der Waals surface area contributed by atoms with Crippen LogP contribution in [0.25, 0.3) is 0 Å². The van der Waals surface area contributed by atoms with Crippen molar-refractivity contribution in [2.24, 2.45) is 23.7 Å². The molecule has 6 aliphatic heterocycles. The number of fused-ring (bicyclic) bond motifs is 4. The Morgan fingerprint density at radius 3 is 1.15 bits per heavy atom. The Kier molecular flexibility index (Phi) is 33.7. The molecule has 17 nitrogen and oxygen atoms in total. The number of carbonyl (C=O) groups excluding carboxylic acids is 1. The number of hydrogen-bond donors (Lipinski definition) is 1. The number of hydrogen-bond acceptors (Lipinski definition) is 19. The highest BCUT2D eigenvalue weighted by molar-refractivity contribution is 7.99. The molecular weight excluding hydrogens is 1750 g/mol. The fourth-order valence-electron chi connectivity index (χ4n) is 13.5. The molecule has 0 saturated carbocycles. The zero-order valence-corrected chi connectivity index (χ0v) is 69.9. The Bertz CT molecular complexity index is 5110. The van der Waals surface area contributed by atoms with Crippen LogP contribution >= 0.6 is 23.5 Å². The van der Waals surface area contributed by atoms with Gasteiger partial charge in [-0.05, 0) is 143 Å². The highest BCUT2D eigenvalue weighted by Gasteiger charge is 2.51. The lowest BCUT2D eigenvalue weighted by Crippen LogP contribution is -2.41. The van der Waals surface area contributed by atoms with Gasteiger partial charge >= 0.3 is 0 Å². The zero-order chi connectivity index (χ0) is 87.5. The predicted octanol–water partition coefficient (Wildman–Crippen LogP) is 18.9. The van der Waals surface area contributed by atoms with Crippen LogP contribution in [0.3, 0.4) is 0 Å². The standard InChI is InChI=1S/C21H20F4O5S.C18H14F4O5S.C18H14F4O3S.C16H10F4O2S.C8H22O2Si2.CH4/c1-2-3-18(29-7-6-26)15-11-30-20-17(25)5-4-16(24)19(20)21(15)31(27,28)14-9-12(22)8-13(23)10-14;19-9-5-10(20)7-11(6-9)28(23,24)17-12(18-25-3-4-26-18)8-27-16-14(22)2-1-13(21)15(16)17;19-9-5-10(20)7-11(6-9)26-17-12(18-23-3-4-24-18)8-25-16-14(22)2-1-13(21)15(16)17;17-9-3-10(18)5-11(4-9)23-16-8(6-21)7-22-15-13(20)2-1-12(19)14(15)16;1-11(2,3)9-7-8-10-12(4,5)6;/h2,4-5,8-10,15,18,21,26H,1,3,6-7,11H2;1-2,5-7,12,17-18H,3-4,8H2;1-2,5-7,12,17-18H,3-4,8H2;1-6,8,16H,7H2;7-8H2,1-6H3;1H4/t15-,18+,21-;2*12-,17+;8-,16+;;/m0111../s1. The summed E-state index contributed by atoms with van der Waals surface area (Å²) in [6.07, 6.45) is -0.537. The summed E-state index contributed by atoms with van der Waals surface area (Å²) in [5, 5.41) is 4.06. The van der Waals surface area contributed by atoms with Crippen LogP contribution in [0, 0.1) is 117 Å². The Morgan fingerprint density at radius 2 is 0.760 bits per heavy atom. The molecule has 0 radical (unpaired) electrons. The molecule has 2 fully saturated rings. The molecule has 1 N–H and O–H groups in total. The Labute approximate surface area is 698 Å². The van der Waals surface area contributed by atoms with E-state index >= 15 is 0 Å². The van der Waals surface area contributed by atoms with Crippen LogP contribution in [-0.2, 0) is 57.0 Å². The number of benzene rings is 8. The van der Waals surface area contributed by atoms with Gasteiger partial charge < -0.3 is 61.4 Å². The Morgan fingerprint density at radius 1 is 0.438 bits per heavy atom. The van der Waals surface area contributed by atoms with Gasteiger partial charge in [-0.25, -0.2) is 87.1 Å². The number of rotatable bonds is 22. The highest BCUT2D eigenvalue weighted by atomic mass is 32.2. The fourth-order valence-corrected chi connectivity index (χ4v) is 21.7. The van der Waals surface area contributed by atoms with Crippen molar-refractivity contribution in [3.05, 3.63) is 249 Å². The summed E-state index contributed by atoms with van der Waals surface area (Å²) in [6, 6.07) is 16.4. The lowest BCUT2D eigenvalue weighted by atomic mass is 9.89. The van der Waals surface area contributed by atoms with Gasteiger partial charge in [0.25, 0.3) is 0 Å². The van der Waals surface area contributed by atoms with Crippen molar-refractivity contribution < 1.29 is 148 Å². The number of sulfone groups is 2. The monoisotopic (exact) mass is 1830 g/mol. The second-order valence-corrected chi connectivity index (χ2v) is 44.9. The van der Waals surface area contributed by atoms with Crippen molar-refractivity contribution in [3.8, 4) is 23.0 Å². The van der Waals surface area contributed by atoms with E-state index in [2.05, 4.69) is 45.9 Å². The van der Waals surface area contributed by atoms with Crippen molar-refractivity contribution in [2.45, 2.75) is 112 Å². The van der Waals surface area contributed by atoms with Crippen molar-refractivity contribution in [2.75, 3.05) is 79.3 Å². The average Bonchev–Trinajstić information content (AvgIpc) is 1.24. The van der Waals surface area contributed by atoms with Gasteiger partial charge in [0, 0.05) is 51.1 Å². The van der Waals surface area contributed by atoms with E-state index in [0.29, 0.717) is 62.0 Å². The molecule has 2 saturated heterocycles. The molecule has 8 aromatic rings. The lowest BCUT2D eigenvalue weighted by Gasteiger charge is -2.37. The second-order valence-electron chi connectivity index (χ2n) is 29.4. The van der Waals surface area contributed by atoms with Crippen LogP contribution in [0.1, 0.15) is 57.1 Å². The lowest BCUT2D eigenvalue weighted by molar-refractivity contribution is -0.112. The molecule has 658 valence electrons. The first-order valence-electron chi connectivity index (χ1n) is 36.8. The maximum atomic E-state index is 14.8. The summed E-state index contributed by atoms with van der Waals surface area (Å²) in [4.78, 5) is 10.3. The van der Waals surface area contributed by atoms with Crippen LogP contribution in [0.5, 0.6) is 23.0 Å². The quantitative estimate of drug-likeness (QED) is 0.0220. The van der Waals surface area contributed by atoms with Gasteiger partial charge in [0.05, 0.1) is 135 Å². The van der Waals surface area contributed by atoms with Gasteiger partial charge in [0.2, 0.25) is 0 Å². The first-order valence-corrected chi connectivity index (χ1v) is 48.5. The third kappa shape index (κ3) is 24.3. The first kappa shape index (κ1) is 96.8. The zero-order valence-electron chi connectivity index (χ0n) is 64.6. The van der Waals surface area contributed by atoms with Crippen LogP contribution in [-0.4, -0.2) is 143 Å². The molecule has 6 aliphatic rings. The number of aliphatic hydroxyl groups excluding tert-OH is 1. The smallest absolute Gasteiger partial charge is 0.186 e. The SMILES string of the molecule is C.C=CC[C@@H](OCCO)[C@@H]1COc2c(F)ccc(F)c2[C@H]1S(=O)(=O)c1cc(F)cc(F)c1.C[Si](C)(C)OCCO[Si](C)(C)C.Fc1cc(F)cc(S[C@@H]2c3c(F)ccc(F)c3OC[C@H]2C2OCCO2)c1.O=C[C@@H]1COc2c(F)ccc(F)c2[C@H]1Sc1cc(F)cc(F)c1.O=S(=O)(c1cc(F)cc(F)c1)[C@@H]1c2c(F)ccc(F)c2OC[C@H]1C1OCCO1. The van der Waals surface area contributed by atoms with Gasteiger partial charge in [-0.15, -0.1) is 30.1 Å². The molecule has 0 unspecified atom stereocenters. The predicted molar refractivity (Wildman–Crippen MR) is 418 cm³/mol. The maximum absolute atomic E-state index is 14.8. The van der Waals surface area contributed by atoms with Crippen LogP contribution in [0.2, 0.25) is 39.3 Å². The van der Waals surface area contributed by atoms with E-state index in [-0.39, 0.29) is 99.1 Å². The number of aldehydes is 1. The normalized spacial score (nSPS) is 20.3. The number of thioether (sulfide) groups is 2. The molecule has 0 amide bonds. The van der Waals surface area contributed by atoms with E-state index in [9.17, 15) is 91.9 Å². The van der Waals surface area contributed by atoms with E-state index < -0.39 is 225 Å². The summed E-state index contributed by atoms with van der Waals surface area (Å²) >= 11 is 1.92. The van der Waals surface area contributed by atoms with Gasteiger partial charge in [-0.3, -0.25) is 0 Å². The molecule has 6 heterocycles. The van der Waals surface area contributed by atoms with Crippen molar-refractivity contribution >= 4 is 66.1 Å². The van der Waals surface area contributed by atoms with Crippen molar-refractivity contribution in [1.29, 1.82) is 0 Å². The third-order valence-corrected chi connectivity index (χ3v) is 27.7. The van der Waals surface area contributed by atoms with Crippen LogP contribution in [0.4, 0.5) is 70.2 Å². The number of ether oxygens (including phenoxy) is 9. The second kappa shape index (κ2) is 42.1. The van der Waals surface area contributed by atoms with Crippen molar-refractivity contribution in [3.63, 3.8) is 0 Å². The summed E-state index contributed by atoms with van der Waals surface area (Å²) in [5.74, 6) is -19.4. The minimum absolute atomic E-state index is 0. The van der Waals surface area contributed by atoms with E-state index in [1.165, 1.54) is 6.08 Å².